The summed E-state index contributed by atoms with van der Waals surface area (Å²) in [6.45, 7) is 6.79. The average Bonchev–Trinajstić information content (AvgIpc) is 3.44. The normalized spacial score (nSPS) is 15.8. The largest absolute Gasteiger partial charge is 0.357 e. The number of benzene rings is 1. The van der Waals surface area contributed by atoms with E-state index in [2.05, 4.69) is 26.0 Å². The van der Waals surface area contributed by atoms with Crippen LogP contribution in [0.5, 0.6) is 0 Å². The number of nitrogens with zero attached hydrogens (tertiary/aromatic N) is 4. The van der Waals surface area contributed by atoms with Gasteiger partial charge in [0.2, 0.25) is 11.8 Å². The number of guanidine groups is 1. The van der Waals surface area contributed by atoms with Crippen molar-refractivity contribution in [2.24, 2.45) is 4.99 Å². The second kappa shape index (κ2) is 13.0. The first-order valence-corrected chi connectivity index (χ1v) is 10.8. The van der Waals surface area contributed by atoms with Crippen LogP contribution >= 0.6 is 24.0 Å². The van der Waals surface area contributed by atoms with E-state index < -0.39 is 0 Å². The van der Waals surface area contributed by atoms with E-state index in [1.165, 1.54) is 0 Å². The van der Waals surface area contributed by atoms with Gasteiger partial charge in [0.1, 0.15) is 6.54 Å². The molecule has 10 heteroatoms. The quantitative estimate of drug-likeness (QED) is 0.264. The third kappa shape index (κ3) is 7.81. The number of nitrogens with one attached hydrogen (secondary N) is 3. The monoisotopic (exact) mass is 553 g/mol. The lowest BCUT2D eigenvalue weighted by Gasteiger charge is -2.18. The third-order valence-corrected chi connectivity index (χ3v) is 5.02. The maximum absolute atomic E-state index is 12.2. The van der Waals surface area contributed by atoms with Crippen LogP contribution in [0.3, 0.4) is 0 Å². The summed E-state index contributed by atoms with van der Waals surface area (Å²) in [5.74, 6) is 0.788. The predicted molar refractivity (Wildman–Crippen MR) is 136 cm³/mol. The van der Waals surface area contributed by atoms with Crippen LogP contribution < -0.4 is 16.0 Å². The molecule has 1 aromatic carbocycles. The van der Waals surface area contributed by atoms with E-state index in [9.17, 15) is 9.59 Å². The summed E-state index contributed by atoms with van der Waals surface area (Å²) >= 11 is 0. The topological polar surface area (TPSA) is 104 Å². The van der Waals surface area contributed by atoms with Crippen molar-refractivity contribution in [1.29, 1.82) is 0 Å². The van der Waals surface area contributed by atoms with Gasteiger partial charge in [0.05, 0.1) is 6.54 Å². The third-order valence-electron chi connectivity index (χ3n) is 5.02. The molecular formula is C22H32IN7O2. The van der Waals surface area contributed by atoms with Gasteiger partial charge in [0, 0.05) is 50.2 Å². The molecule has 1 aromatic heterocycles. The van der Waals surface area contributed by atoms with Gasteiger partial charge in [0.15, 0.2) is 5.96 Å². The summed E-state index contributed by atoms with van der Waals surface area (Å²) < 4.78 is 1.58. The lowest BCUT2D eigenvalue weighted by molar-refractivity contribution is -0.129. The minimum atomic E-state index is -0.133. The fraction of sp³-hybridized carbons (Fsp3) is 0.455. The summed E-state index contributed by atoms with van der Waals surface area (Å²) in [5.41, 5.74) is 1.72. The number of likely N-dealkylation sites (tertiary alicyclic amines) is 1. The number of hydrogen-bond donors (Lipinski definition) is 3. The molecule has 0 aliphatic carbocycles. The lowest BCUT2D eigenvalue weighted by atomic mass is 10.2. The highest BCUT2D eigenvalue weighted by atomic mass is 127. The van der Waals surface area contributed by atoms with Crippen LogP contribution in [0.1, 0.15) is 32.3 Å². The van der Waals surface area contributed by atoms with Gasteiger partial charge in [-0.3, -0.25) is 14.3 Å². The van der Waals surface area contributed by atoms with Gasteiger partial charge in [0.25, 0.3) is 0 Å². The summed E-state index contributed by atoms with van der Waals surface area (Å²) in [4.78, 5) is 30.7. The van der Waals surface area contributed by atoms with Crippen molar-refractivity contribution in [2.75, 3.05) is 25.0 Å². The summed E-state index contributed by atoms with van der Waals surface area (Å²) in [6.07, 6.45) is 4.85. The molecule has 3 rings (SSSR count). The van der Waals surface area contributed by atoms with E-state index in [4.69, 9.17) is 0 Å². The lowest BCUT2D eigenvalue weighted by Crippen LogP contribution is -2.45. The van der Waals surface area contributed by atoms with Gasteiger partial charge in [-0.1, -0.05) is 19.1 Å². The van der Waals surface area contributed by atoms with Crippen molar-refractivity contribution < 1.29 is 9.59 Å². The molecule has 1 fully saturated rings. The molecular weight excluding hydrogens is 521 g/mol. The molecule has 2 amide bonds. The Balaban J connectivity index is 0.00000363. The molecule has 3 N–H and O–H groups in total. The number of hydrogen-bond acceptors (Lipinski definition) is 4. The molecule has 1 aliphatic heterocycles. The van der Waals surface area contributed by atoms with E-state index in [1.807, 2.05) is 43.0 Å². The summed E-state index contributed by atoms with van der Waals surface area (Å²) in [6, 6.07) is 9.64. The Hall–Kier alpha value is -2.63. The summed E-state index contributed by atoms with van der Waals surface area (Å²) in [5, 5.41) is 13.6. The fourth-order valence-corrected chi connectivity index (χ4v) is 3.50. The highest BCUT2D eigenvalue weighted by Crippen LogP contribution is 2.13. The maximum Gasteiger partial charge on any atom is 0.246 e. The first kappa shape index (κ1) is 25.6. The Morgan fingerprint density at radius 1 is 1.25 bits per heavy atom. The molecule has 1 saturated heterocycles. The molecule has 0 spiro atoms. The van der Waals surface area contributed by atoms with E-state index in [0.29, 0.717) is 19.5 Å². The molecule has 0 bridgehead atoms. The van der Waals surface area contributed by atoms with Crippen LogP contribution in [0.15, 0.2) is 47.7 Å². The first-order valence-electron chi connectivity index (χ1n) is 10.8. The highest BCUT2D eigenvalue weighted by molar-refractivity contribution is 14.0. The van der Waals surface area contributed by atoms with Gasteiger partial charge in [-0.2, -0.15) is 5.10 Å². The Bertz CT molecular complexity index is 901. The summed E-state index contributed by atoms with van der Waals surface area (Å²) in [7, 11) is 0. The van der Waals surface area contributed by atoms with E-state index in [1.54, 1.807) is 23.1 Å². The van der Waals surface area contributed by atoms with Crippen LogP contribution in [-0.4, -0.2) is 58.1 Å². The Morgan fingerprint density at radius 3 is 2.81 bits per heavy atom. The van der Waals surface area contributed by atoms with Crippen LogP contribution in [0.4, 0.5) is 5.69 Å². The van der Waals surface area contributed by atoms with Crippen LogP contribution in [-0.2, 0) is 22.7 Å². The van der Waals surface area contributed by atoms with Gasteiger partial charge < -0.3 is 20.9 Å². The number of aliphatic imine (C=N–C) groups is 1. The van der Waals surface area contributed by atoms with Crippen molar-refractivity contribution in [3.05, 3.63) is 48.3 Å². The first-order chi connectivity index (χ1) is 15.1. The average molecular weight is 553 g/mol. The van der Waals surface area contributed by atoms with Gasteiger partial charge in [-0.25, -0.2) is 4.99 Å². The Morgan fingerprint density at radius 2 is 2.09 bits per heavy atom. The number of aromatic nitrogens is 2. The molecule has 1 atom stereocenters. The van der Waals surface area contributed by atoms with Gasteiger partial charge in [-0.05, 0) is 37.1 Å². The van der Waals surface area contributed by atoms with Crippen molar-refractivity contribution in [1.82, 2.24) is 25.3 Å². The maximum atomic E-state index is 12.2. The fourth-order valence-electron chi connectivity index (χ4n) is 3.50. The number of carbonyl (C=O) groups is 2. The second-order valence-electron chi connectivity index (χ2n) is 7.47. The van der Waals surface area contributed by atoms with Crippen molar-refractivity contribution in [3.63, 3.8) is 0 Å². The molecule has 0 saturated carbocycles. The predicted octanol–water partition coefficient (Wildman–Crippen LogP) is 2.21. The number of anilines is 1. The number of carbonyl (C=O) groups excluding carboxylic acids is 2. The molecule has 0 radical (unpaired) electrons. The minimum absolute atomic E-state index is 0. The molecule has 9 nitrogen and oxygen atoms in total. The zero-order valence-electron chi connectivity index (χ0n) is 18.6. The Kier molecular flexibility index (Phi) is 10.4. The molecule has 2 aromatic rings. The van der Waals surface area contributed by atoms with E-state index in [-0.39, 0.29) is 48.4 Å². The van der Waals surface area contributed by atoms with E-state index >= 15 is 0 Å². The SMILES string of the molecule is CCNC(=NCc1cccc(NC(=O)Cn2cccn2)c1)NC1CCN(C(=O)CC)C1.I. The molecule has 2 heterocycles. The van der Waals surface area contributed by atoms with Crippen LogP contribution in [0, 0.1) is 0 Å². The zero-order chi connectivity index (χ0) is 22.1. The second-order valence-corrected chi connectivity index (χ2v) is 7.47. The molecule has 174 valence electrons. The van der Waals surface area contributed by atoms with Crippen molar-refractivity contribution >= 4 is 47.4 Å². The van der Waals surface area contributed by atoms with Crippen molar-refractivity contribution in [2.45, 2.75) is 45.8 Å². The smallest absolute Gasteiger partial charge is 0.246 e. The van der Waals surface area contributed by atoms with Crippen LogP contribution in [0.2, 0.25) is 0 Å². The minimum Gasteiger partial charge on any atom is -0.357 e. The standard InChI is InChI=1S/C22H31N7O2.HI/c1-3-21(31)28-12-9-19(15-28)27-22(23-4-2)24-14-17-7-5-8-18(13-17)26-20(30)16-29-11-6-10-25-29;/h5-8,10-11,13,19H,3-4,9,12,14-16H2,1-2H3,(H,26,30)(H2,23,24,27);1H. The van der Waals surface area contributed by atoms with E-state index in [0.717, 1.165) is 36.7 Å². The number of halogens is 1. The molecule has 1 unspecified atom stereocenters. The zero-order valence-corrected chi connectivity index (χ0v) is 20.9. The van der Waals surface area contributed by atoms with Crippen LogP contribution in [0.25, 0.3) is 0 Å². The number of rotatable bonds is 8. The number of amides is 2. The highest BCUT2D eigenvalue weighted by Gasteiger charge is 2.25. The Labute approximate surface area is 206 Å². The van der Waals surface area contributed by atoms with Crippen molar-refractivity contribution in [3.8, 4) is 0 Å². The molecule has 1 aliphatic rings. The van der Waals surface area contributed by atoms with Gasteiger partial charge >= 0.3 is 0 Å². The van der Waals surface area contributed by atoms with Gasteiger partial charge in [-0.15, -0.1) is 24.0 Å². The molecule has 32 heavy (non-hydrogen) atoms.